The lowest BCUT2D eigenvalue weighted by atomic mass is 9.91. The number of carbonyl (C=O) groups excluding carboxylic acids is 3. The van der Waals surface area contributed by atoms with Crippen molar-refractivity contribution < 1.29 is 38.1 Å². The summed E-state index contributed by atoms with van der Waals surface area (Å²) in [5, 5.41) is 0. The summed E-state index contributed by atoms with van der Waals surface area (Å²) >= 11 is 0. The van der Waals surface area contributed by atoms with Gasteiger partial charge in [0.05, 0.1) is 38.4 Å². The summed E-state index contributed by atoms with van der Waals surface area (Å²) in [7, 11) is 2.77. The molecule has 0 aliphatic carbocycles. The maximum atomic E-state index is 12.6. The molecule has 2 aromatic carbocycles. The molecule has 0 N–H and O–H groups in total. The average Bonchev–Trinajstić information content (AvgIpc) is 2.93. The predicted molar refractivity (Wildman–Crippen MR) is 144 cm³/mol. The van der Waals surface area contributed by atoms with Gasteiger partial charge < -0.3 is 23.7 Å². The molecule has 0 unspecified atom stereocenters. The minimum atomic E-state index is -0.532. The number of ether oxygens (including phenoxy) is 5. The molecule has 0 atom stereocenters. The number of esters is 3. The molecule has 0 saturated carbocycles. The molecule has 0 spiro atoms. The SMILES string of the molecule is CCC(C)(C)C(=O)OCCCCCCOc1ccc(C(=O)Oc2ccc(C=CC(=O)OC)cc2OC)cc1. The van der Waals surface area contributed by atoms with Crippen LogP contribution in [0.1, 0.15) is 68.8 Å². The highest BCUT2D eigenvalue weighted by molar-refractivity contribution is 5.91. The first-order valence-electron chi connectivity index (χ1n) is 12.8. The fourth-order valence-electron chi connectivity index (χ4n) is 3.20. The number of unbranched alkanes of at least 4 members (excludes halogenated alkanes) is 3. The van der Waals surface area contributed by atoms with Gasteiger partial charge in [0.25, 0.3) is 0 Å². The van der Waals surface area contributed by atoms with Crippen molar-refractivity contribution in [3.63, 3.8) is 0 Å². The van der Waals surface area contributed by atoms with E-state index in [4.69, 9.17) is 18.9 Å². The Morgan fingerprint density at radius 1 is 0.868 bits per heavy atom. The second-order valence-electron chi connectivity index (χ2n) is 9.32. The van der Waals surface area contributed by atoms with E-state index in [2.05, 4.69) is 4.74 Å². The van der Waals surface area contributed by atoms with Crippen LogP contribution in [0.5, 0.6) is 17.2 Å². The molecular formula is C30H38O8. The van der Waals surface area contributed by atoms with Crippen LogP contribution in [0.2, 0.25) is 0 Å². The molecule has 0 aromatic heterocycles. The molecule has 0 fully saturated rings. The average molecular weight is 527 g/mol. The van der Waals surface area contributed by atoms with E-state index in [0.717, 1.165) is 32.1 Å². The molecule has 2 rings (SSSR count). The Morgan fingerprint density at radius 2 is 1.55 bits per heavy atom. The lowest BCUT2D eigenvalue weighted by Gasteiger charge is -2.20. The molecule has 8 heteroatoms. The van der Waals surface area contributed by atoms with Gasteiger partial charge in [0, 0.05) is 6.08 Å². The van der Waals surface area contributed by atoms with E-state index in [9.17, 15) is 14.4 Å². The molecule has 0 heterocycles. The Labute approximate surface area is 224 Å². The van der Waals surface area contributed by atoms with Gasteiger partial charge in [0.1, 0.15) is 5.75 Å². The molecule has 206 valence electrons. The smallest absolute Gasteiger partial charge is 0.343 e. The minimum absolute atomic E-state index is 0.141. The van der Waals surface area contributed by atoms with Crippen molar-refractivity contribution in [2.24, 2.45) is 5.41 Å². The third-order valence-electron chi connectivity index (χ3n) is 6.07. The summed E-state index contributed by atoms with van der Waals surface area (Å²) in [6, 6.07) is 11.7. The number of benzene rings is 2. The van der Waals surface area contributed by atoms with Gasteiger partial charge in [-0.3, -0.25) is 4.79 Å². The van der Waals surface area contributed by atoms with E-state index in [1.807, 2.05) is 20.8 Å². The van der Waals surface area contributed by atoms with Crippen LogP contribution >= 0.6 is 0 Å². The van der Waals surface area contributed by atoms with Gasteiger partial charge in [-0.25, -0.2) is 9.59 Å². The number of methoxy groups -OCH3 is 2. The van der Waals surface area contributed by atoms with Gasteiger partial charge in [-0.1, -0.05) is 13.0 Å². The van der Waals surface area contributed by atoms with Crippen LogP contribution < -0.4 is 14.2 Å². The van der Waals surface area contributed by atoms with Crippen LogP contribution in [-0.4, -0.2) is 45.3 Å². The molecule has 2 aromatic rings. The van der Waals surface area contributed by atoms with E-state index >= 15 is 0 Å². The first-order chi connectivity index (χ1) is 18.2. The highest BCUT2D eigenvalue weighted by Gasteiger charge is 2.26. The van der Waals surface area contributed by atoms with Crippen LogP contribution in [0.25, 0.3) is 6.08 Å². The third kappa shape index (κ3) is 9.92. The minimum Gasteiger partial charge on any atom is -0.494 e. The second kappa shape index (κ2) is 15.4. The maximum absolute atomic E-state index is 12.6. The van der Waals surface area contributed by atoms with Gasteiger partial charge in [-0.05, 0) is 94.0 Å². The molecule has 0 aliphatic rings. The Bertz CT molecular complexity index is 1090. The molecule has 0 radical (unpaired) electrons. The van der Waals surface area contributed by atoms with E-state index in [0.29, 0.717) is 35.8 Å². The van der Waals surface area contributed by atoms with Crippen LogP contribution in [0.15, 0.2) is 48.5 Å². The van der Waals surface area contributed by atoms with Gasteiger partial charge >= 0.3 is 17.9 Å². The molecule has 0 bridgehead atoms. The van der Waals surface area contributed by atoms with E-state index in [1.165, 1.54) is 20.3 Å². The predicted octanol–water partition coefficient (Wildman–Crippen LogP) is 6.02. The standard InChI is InChI=1S/C30H38O8/c1-6-30(2,3)29(33)37-20-10-8-7-9-19-36-24-15-13-23(14-16-24)28(32)38-25-17-11-22(21-26(25)34-4)12-18-27(31)35-5/h11-18,21H,6-10,19-20H2,1-5H3. The largest absolute Gasteiger partial charge is 0.494 e. The fraction of sp³-hybridized carbons (Fsp3) is 0.433. The normalized spacial score (nSPS) is 11.2. The summed E-state index contributed by atoms with van der Waals surface area (Å²) in [6.07, 6.45) is 7.26. The van der Waals surface area contributed by atoms with Crippen molar-refractivity contribution in [1.29, 1.82) is 0 Å². The van der Waals surface area contributed by atoms with Gasteiger partial charge in [-0.2, -0.15) is 0 Å². The Hall–Kier alpha value is -3.81. The molecule has 0 amide bonds. The zero-order chi connectivity index (χ0) is 28.0. The van der Waals surface area contributed by atoms with Crippen molar-refractivity contribution in [2.45, 2.75) is 52.9 Å². The summed E-state index contributed by atoms with van der Waals surface area (Å²) in [4.78, 5) is 35.8. The van der Waals surface area contributed by atoms with Crippen LogP contribution in [0.3, 0.4) is 0 Å². The molecule has 0 saturated heterocycles. The molecule has 0 aliphatic heterocycles. The molecule has 8 nitrogen and oxygen atoms in total. The monoisotopic (exact) mass is 526 g/mol. The summed E-state index contributed by atoms with van der Waals surface area (Å²) in [5.74, 6) is 0.133. The molecular weight excluding hydrogens is 488 g/mol. The van der Waals surface area contributed by atoms with E-state index in [-0.39, 0.29) is 11.7 Å². The van der Waals surface area contributed by atoms with Gasteiger partial charge in [-0.15, -0.1) is 0 Å². The van der Waals surface area contributed by atoms with Crippen molar-refractivity contribution in [2.75, 3.05) is 27.4 Å². The van der Waals surface area contributed by atoms with Crippen LogP contribution in [0, 0.1) is 5.41 Å². The van der Waals surface area contributed by atoms with Crippen LogP contribution in [-0.2, 0) is 19.1 Å². The number of hydrogen-bond donors (Lipinski definition) is 0. The van der Waals surface area contributed by atoms with Gasteiger partial charge in [0.2, 0.25) is 0 Å². The first-order valence-corrected chi connectivity index (χ1v) is 12.8. The Kier molecular flexibility index (Phi) is 12.4. The third-order valence-corrected chi connectivity index (χ3v) is 6.07. The zero-order valence-corrected chi connectivity index (χ0v) is 22.9. The topological polar surface area (TPSA) is 97.4 Å². The number of rotatable bonds is 15. The number of carbonyl (C=O) groups is 3. The second-order valence-corrected chi connectivity index (χ2v) is 9.32. The number of hydrogen-bond acceptors (Lipinski definition) is 8. The fourth-order valence-corrected chi connectivity index (χ4v) is 3.20. The first kappa shape index (κ1) is 30.4. The highest BCUT2D eigenvalue weighted by atomic mass is 16.6. The highest BCUT2D eigenvalue weighted by Crippen LogP contribution is 2.29. The summed E-state index contributed by atoms with van der Waals surface area (Å²) in [6.45, 7) is 6.78. The maximum Gasteiger partial charge on any atom is 0.343 e. The molecule has 38 heavy (non-hydrogen) atoms. The van der Waals surface area contributed by atoms with Gasteiger partial charge in [0.15, 0.2) is 11.5 Å². The quantitative estimate of drug-likeness (QED) is 0.120. The van der Waals surface area contributed by atoms with Crippen molar-refractivity contribution in [3.05, 3.63) is 59.7 Å². The Morgan fingerprint density at radius 3 is 2.18 bits per heavy atom. The van der Waals surface area contributed by atoms with Crippen LogP contribution in [0.4, 0.5) is 0 Å². The summed E-state index contributed by atoms with van der Waals surface area (Å²) < 4.78 is 26.5. The zero-order valence-electron chi connectivity index (χ0n) is 22.9. The van der Waals surface area contributed by atoms with Crippen molar-refractivity contribution in [1.82, 2.24) is 0 Å². The summed E-state index contributed by atoms with van der Waals surface area (Å²) in [5.41, 5.74) is 0.632. The lowest BCUT2D eigenvalue weighted by molar-refractivity contribution is -0.154. The van der Waals surface area contributed by atoms with E-state index < -0.39 is 17.4 Å². The lowest BCUT2D eigenvalue weighted by Crippen LogP contribution is -2.26. The van der Waals surface area contributed by atoms with Crippen molar-refractivity contribution in [3.8, 4) is 17.2 Å². The van der Waals surface area contributed by atoms with Crippen molar-refractivity contribution >= 4 is 24.0 Å². The Balaban J connectivity index is 1.75. The van der Waals surface area contributed by atoms with E-state index in [1.54, 1.807) is 48.5 Å².